The highest BCUT2D eigenvalue weighted by molar-refractivity contribution is 5.89. The van der Waals surface area contributed by atoms with Crippen LogP contribution >= 0.6 is 0 Å². The number of hydrogen-bond acceptors (Lipinski definition) is 6. The molecule has 2 heterocycles. The zero-order valence-corrected chi connectivity index (χ0v) is 14.9. The van der Waals surface area contributed by atoms with Gasteiger partial charge in [0.1, 0.15) is 11.9 Å². The molecule has 0 aliphatic rings. The van der Waals surface area contributed by atoms with Crippen LogP contribution in [0.15, 0.2) is 28.8 Å². The number of amides is 2. The molecule has 0 bridgehead atoms. The van der Waals surface area contributed by atoms with Crippen LogP contribution < -0.4 is 10.6 Å². The molecule has 0 aliphatic carbocycles. The molecular weight excluding hydrogens is 334 g/mol. The van der Waals surface area contributed by atoms with Crippen molar-refractivity contribution in [3.05, 3.63) is 53.2 Å². The third-order valence-corrected chi connectivity index (χ3v) is 3.77. The lowest BCUT2D eigenvalue weighted by atomic mass is 10.1. The number of aryl methyl sites for hydroxylation is 2. The number of nitrogens with one attached hydrogen (secondary N) is 3. The van der Waals surface area contributed by atoms with Crippen molar-refractivity contribution >= 4 is 11.7 Å². The smallest absolute Gasteiger partial charge is 0.319 e. The van der Waals surface area contributed by atoms with Gasteiger partial charge in [0.05, 0.1) is 0 Å². The molecule has 3 rings (SSSR count). The van der Waals surface area contributed by atoms with Gasteiger partial charge in [0.25, 0.3) is 0 Å². The molecular formula is C17H21N7O2. The fourth-order valence-corrected chi connectivity index (χ4v) is 2.48. The Bertz CT molecular complexity index is 869. The lowest BCUT2D eigenvalue weighted by molar-refractivity contribution is 0.243. The monoisotopic (exact) mass is 355 g/mol. The molecule has 26 heavy (non-hydrogen) atoms. The predicted octanol–water partition coefficient (Wildman–Crippen LogP) is 2.67. The molecule has 3 aromatic rings. The van der Waals surface area contributed by atoms with Crippen molar-refractivity contribution in [1.82, 2.24) is 30.6 Å². The number of benzene rings is 1. The van der Waals surface area contributed by atoms with Gasteiger partial charge in [-0.2, -0.15) is 10.1 Å². The summed E-state index contributed by atoms with van der Waals surface area (Å²) in [6.45, 7) is 5.53. The highest BCUT2D eigenvalue weighted by Gasteiger charge is 2.18. The summed E-state index contributed by atoms with van der Waals surface area (Å²) in [5.74, 6) is 2.47. The van der Waals surface area contributed by atoms with Gasteiger partial charge in [-0.15, -0.1) is 0 Å². The number of urea groups is 1. The zero-order valence-electron chi connectivity index (χ0n) is 14.9. The maximum Gasteiger partial charge on any atom is 0.319 e. The molecule has 0 unspecified atom stereocenters. The lowest BCUT2D eigenvalue weighted by Crippen LogP contribution is -2.32. The van der Waals surface area contributed by atoms with Gasteiger partial charge in [0, 0.05) is 12.1 Å². The highest BCUT2D eigenvalue weighted by Crippen LogP contribution is 2.16. The van der Waals surface area contributed by atoms with Gasteiger partial charge < -0.3 is 15.2 Å². The first-order valence-electron chi connectivity index (χ1n) is 8.38. The maximum absolute atomic E-state index is 12.2. The van der Waals surface area contributed by atoms with Crippen LogP contribution in [0.3, 0.4) is 0 Å². The van der Waals surface area contributed by atoms with Gasteiger partial charge in [0.15, 0.2) is 11.6 Å². The summed E-state index contributed by atoms with van der Waals surface area (Å²) < 4.78 is 5.12. The van der Waals surface area contributed by atoms with Crippen molar-refractivity contribution in [2.75, 3.05) is 5.32 Å². The van der Waals surface area contributed by atoms with Crippen molar-refractivity contribution in [1.29, 1.82) is 0 Å². The van der Waals surface area contributed by atoms with Crippen molar-refractivity contribution in [3.8, 4) is 0 Å². The zero-order chi connectivity index (χ0) is 18.5. The Morgan fingerprint density at radius 3 is 2.58 bits per heavy atom. The highest BCUT2D eigenvalue weighted by atomic mass is 16.5. The van der Waals surface area contributed by atoms with Crippen LogP contribution in [-0.2, 0) is 6.42 Å². The van der Waals surface area contributed by atoms with Crippen molar-refractivity contribution in [2.45, 2.75) is 39.7 Å². The minimum absolute atomic E-state index is 0.329. The number of H-pyrrole nitrogens is 1. The molecule has 0 saturated carbocycles. The topological polar surface area (TPSA) is 122 Å². The molecule has 0 radical (unpaired) electrons. The third kappa shape index (κ3) is 4.44. The van der Waals surface area contributed by atoms with E-state index in [4.69, 9.17) is 4.52 Å². The third-order valence-electron chi connectivity index (χ3n) is 3.77. The van der Waals surface area contributed by atoms with Gasteiger partial charge in [-0.3, -0.25) is 5.10 Å². The molecule has 3 N–H and O–H groups in total. The molecule has 9 heteroatoms. The molecule has 2 amide bonds. The number of rotatable bonds is 6. The Hall–Kier alpha value is -3.23. The second-order valence-electron chi connectivity index (χ2n) is 5.95. The number of nitrogens with zero attached hydrogens (tertiary/aromatic N) is 4. The average molecular weight is 355 g/mol. The molecule has 2 aromatic heterocycles. The average Bonchev–Trinajstić information content (AvgIpc) is 3.23. The molecule has 1 atom stereocenters. The van der Waals surface area contributed by atoms with Crippen molar-refractivity contribution in [3.63, 3.8) is 0 Å². The SMILES string of the molecule is CC[C@@H](NC(=O)Nc1ccc(Cc2n[nH]c(C)n2)cc1)c1nc(C)no1. The summed E-state index contributed by atoms with van der Waals surface area (Å²) in [6, 6.07) is 6.88. The summed E-state index contributed by atoms with van der Waals surface area (Å²) in [7, 11) is 0. The first-order chi connectivity index (χ1) is 12.5. The number of carbonyl (C=O) groups excluding carboxylic acids is 1. The molecule has 0 fully saturated rings. The number of hydrogen-bond donors (Lipinski definition) is 3. The Morgan fingerprint density at radius 2 is 2.00 bits per heavy atom. The van der Waals surface area contributed by atoms with E-state index >= 15 is 0 Å². The molecule has 0 aliphatic heterocycles. The van der Waals surface area contributed by atoms with Gasteiger partial charge >= 0.3 is 6.03 Å². The van der Waals surface area contributed by atoms with Crippen molar-refractivity contribution < 1.29 is 9.32 Å². The second-order valence-corrected chi connectivity index (χ2v) is 5.95. The lowest BCUT2D eigenvalue weighted by Gasteiger charge is -2.13. The standard InChI is InChI=1S/C17H21N7O2/c1-4-14(16-19-11(3)24-26-16)21-17(25)20-13-7-5-12(6-8-13)9-15-18-10(2)22-23-15/h5-8,14H,4,9H2,1-3H3,(H,18,22,23)(H2,20,21,25)/t14-/m1/s1. The first kappa shape index (κ1) is 17.6. The van der Waals surface area contributed by atoms with E-state index in [0.29, 0.717) is 30.2 Å². The van der Waals surface area contributed by atoms with E-state index in [2.05, 4.69) is 36.0 Å². The van der Waals surface area contributed by atoms with E-state index in [0.717, 1.165) is 17.2 Å². The van der Waals surface area contributed by atoms with Gasteiger partial charge in [-0.25, -0.2) is 9.78 Å². The van der Waals surface area contributed by atoms with Gasteiger partial charge in [-0.05, 0) is 38.0 Å². The van der Waals surface area contributed by atoms with E-state index in [1.807, 2.05) is 38.1 Å². The number of carbonyl (C=O) groups is 1. The van der Waals surface area contributed by atoms with E-state index in [9.17, 15) is 4.79 Å². The van der Waals surface area contributed by atoms with Crippen LogP contribution in [-0.4, -0.2) is 31.4 Å². The summed E-state index contributed by atoms with van der Waals surface area (Å²) in [5, 5.41) is 16.3. The van der Waals surface area contributed by atoms with Crippen LogP contribution in [0.1, 0.15) is 48.3 Å². The minimum atomic E-state index is -0.329. The molecule has 136 valence electrons. The normalized spacial score (nSPS) is 12.0. The van der Waals surface area contributed by atoms with E-state index in [1.165, 1.54) is 0 Å². The fraction of sp³-hybridized carbons (Fsp3) is 0.353. The quantitative estimate of drug-likeness (QED) is 0.625. The van der Waals surface area contributed by atoms with Crippen LogP contribution in [0, 0.1) is 13.8 Å². The largest absolute Gasteiger partial charge is 0.337 e. The van der Waals surface area contributed by atoms with Crippen LogP contribution in [0.2, 0.25) is 0 Å². The number of aromatic amines is 1. The van der Waals surface area contributed by atoms with Crippen LogP contribution in [0.25, 0.3) is 0 Å². The Kier molecular flexibility index (Phi) is 5.26. The molecule has 0 spiro atoms. The number of aromatic nitrogens is 5. The summed E-state index contributed by atoms with van der Waals surface area (Å²) >= 11 is 0. The summed E-state index contributed by atoms with van der Waals surface area (Å²) in [5.41, 5.74) is 1.75. The van der Waals surface area contributed by atoms with E-state index in [-0.39, 0.29) is 12.1 Å². The van der Waals surface area contributed by atoms with E-state index < -0.39 is 0 Å². The second kappa shape index (κ2) is 7.77. The van der Waals surface area contributed by atoms with Crippen LogP contribution in [0.4, 0.5) is 10.5 Å². The first-order valence-corrected chi connectivity index (χ1v) is 8.38. The number of anilines is 1. The Balaban J connectivity index is 1.57. The Morgan fingerprint density at radius 1 is 1.23 bits per heavy atom. The predicted molar refractivity (Wildman–Crippen MR) is 94.6 cm³/mol. The Labute approximate surface area is 150 Å². The molecule has 9 nitrogen and oxygen atoms in total. The van der Waals surface area contributed by atoms with Crippen LogP contribution in [0.5, 0.6) is 0 Å². The van der Waals surface area contributed by atoms with Crippen molar-refractivity contribution in [2.24, 2.45) is 0 Å². The van der Waals surface area contributed by atoms with Gasteiger partial charge in [-0.1, -0.05) is 24.2 Å². The maximum atomic E-state index is 12.2. The molecule has 0 saturated heterocycles. The fourth-order valence-electron chi connectivity index (χ4n) is 2.48. The summed E-state index contributed by atoms with van der Waals surface area (Å²) in [6.07, 6.45) is 1.27. The minimum Gasteiger partial charge on any atom is -0.337 e. The molecule has 1 aromatic carbocycles. The van der Waals surface area contributed by atoms with E-state index in [1.54, 1.807) is 6.92 Å². The van der Waals surface area contributed by atoms with Gasteiger partial charge in [0.2, 0.25) is 5.89 Å². The summed E-state index contributed by atoms with van der Waals surface area (Å²) in [4.78, 5) is 20.6.